The van der Waals surface area contributed by atoms with Gasteiger partial charge in [-0.3, -0.25) is 4.79 Å². The topological polar surface area (TPSA) is 89.9 Å². The lowest BCUT2D eigenvalue weighted by atomic mass is 9.75. The molecule has 3 N–H and O–H groups in total. The van der Waals surface area contributed by atoms with Crippen LogP contribution in [0.1, 0.15) is 44.1 Å². The molecule has 1 aromatic carbocycles. The summed E-state index contributed by atoms with van der Waals surface area (Å²) in [5.74, 6) is -1.01. The highest BCUT2D eigenvalue weighted by molar-refractivity contribution is 5.75. The van der Waals surface area contributed by atoms with Crippen LogP contribution < -0.4 is 5.32 Å². The Hall–Kier alpha value is -2.08. The minimum atomic E-state index is -0.735. The first-order valence-corrected chi connectivity index (χ1v) is 9.49. The Bertz CT molecular complexity index is 628. The van der Waals surface area contributed by atoms with Gasteiger partial charge in [0.1, 0.15) is 0 Å². The standard InChI is InChI=1S/C20H28N2O4/c23-14-20(16-5-2-1-3-6-16)11-4-12-22(13-20)19(26)21-17-9-7-15(8-10-17)18(24)25/h1-3,5-6,15,17,23H,4,7-14H2,(H,21,26)(H,24,25). The van der Waals surface area contributed by atoms with Crippen LogP contribution in [0.25, 0.3) is 0 Å². The lowest BCUT2D eigenvalue weighted by Crippen LogP contribution is -2.55. The molecule has 6 nitrogen and oxygen atoms in total. The molecule has 1 aliphatic heterocycles. The molecule has 0 spiro atoms. The van der Waals surface area contributed by atoms with E-state index in [1.165, 1.54) is 0 Å². The quantitative estimate of drug-likeness (QED) is 0.769. The Morgan fingerprint density at radius 1 is 1.15 bits per heavy atom. The normalized spacial score (nSPS) is 29.2. The summed E-state index contributed by atoms with van der Waals surface area (Å²) in [7, 11) is 0. The first kappa shape index (κ1) is 18.7. The molecule has 1 saturated carbocycles. The predicted molar refractivity (Wildman–Crippen MR) is 97.9 cm³/mol. The molecule has 0 aromatic heterocycles. The number of nitrogens with one attached hydrogen (secondary N) is 1. The van der Waals surface area contributed by atoms with Crippen LogP contribution >= 0.6 is 0 Å². The van der Waals surface area contributed by atoms with E-state index in [9.17, 15) is 14.7 Å². The Balaban J connectivity index is 1.61. The van der Waals surface area contributed by atoms with E-state index in [1.54, 1.807) is 4.90 Å². The number of carbonyl (C=O) groups excluding carboxylic acids is 1. The van der Waals surface area contributed by atoms with Gasteiger partial charge in [-0.2, -0.15) is 0 Å². The number of amides is 2. The van der Waals surface area contributed by atoms with Crippen LogP contribution in [0.5, 0.6) is 0 Å². The average Bonchev–Trinajstić information content (AvgIpc) is 2.69. The molecule has 0 radical (unpaired) electrons. The van der Waals surface area contributed by atoms with Gasteiger partial charge >= 0.3 is 12.0 Å². The maximum atomic E-state index is 12.7. The molecule has 1 aliphatic carbocycles. The summed E-state index contributed by atoms with van der Waals surface area (Å²) in [5, 5.41) is 22.2. The number of likely N-dealkylation sites (tertiary alicyclic amines) is 1. The number of rotatable bonds is 4. The first-order valence-electron chi connectivity index (χ1n) is 9.49. The number of aliphatic hydroxyl groups excluding tert-OH is 1. The van der Waals surface area contributed by atoms with Gasteiger partial charge in [-0.15, -0.1) is 0 Å². The van der Waals surface area contributed by atoms with Gasteiger partial charge in [0, 0.05) is 24.5 Å². The number of urea groups is 1. The summed E-state index contributed by atoms with van der Waals surface area (Å²) >= 11 is 0. The third kappa shape index (κ3) is 4.01. The van der Waals surface area contributed by atoms with Crippen molar-refractivity contribution in [2.24, 2.45) is 5.92 Å². The van der Waals surface area contributed by atoms with Crippen LogP contribution in [0.4, 0.5) is 4.79 Å². The zero-order valence-electron chi connectivity index (χ0n) is 15.1. The molecule has 2 fully saturated rings. The Morgan fingerprint density at radius 3 is 2.46 bits per heavy atom. The maximum Gasteiger partial charge on any atom is 0.317 e. The minimum absolute atomic E-state index is 0.0184. The van der Waals surface area contributed by atoms with Gasteiger partial charge in [-0.1, -0.05) is 30.3 Å². The fourth-order valence-electron chi connectivity index (χ4n) is 4.30. The largest absolute Gasteiger partial charge is 0.481 e. The van der Waals surface area contributed by atoms with Crippen LogP contribution in [0, 0.1) is 5.92 Å². The molecule has 6 heteroatoms. The van der Waals surface area contributed by atoms with Crippen molar-refractivity contribution in [1.82, 2.24) is 10.2 Å². The molecule has 2 aliphatic rings. The number of benzene rings is 1. The second kappa shape index (κ2) is 8.08. The smallest absolute Gasteiger partial charge is 0.317 e. The predicted octanol–water partition coefficient (Wildman–Crippen LogP) is 2.37. The summed E-state index contributed by atoms with van der Waals surface area (Å²) in [4.78, 5) is 25.6. The van der Waals surface area contributed by atoms with Gasteiger partial charge in [0.05, 0.1) is 12.5 Å². The molecule has 1 unspecified atom stereocenters. The fraction of sp³-hybridized carbons (Fsp3) is 0.600. The van der Waals surface area contributed by atoms with Crippen molar-refractivity contribution < 1.29 is 19.8 Å². The number of hydrogen-bond donors (Lipinski definition) is 3. The molecular formula is C20H28N2O4. The molecule has 142 valence electrons. The Morgan fingerprint density at radius 2 is 1.85 bits per heavy atom. The van der Waals surface area contributed by atoms with Gasteiger partial charge in [0.15, 0.2) is 0 Å². The van der Waals surface area contributed by atoms with E-state index in [4.69, 9.17) is 5.11 Å². The summed E-state index contributed by atoms with van der Waals surface area (Å²) < 4.78 is 0. The molecule has 1 saturated heterocycles. The van der Waals surface area contributed by atoms with Gasteiger partial charge in [-0.25, -0.2) is 4.79 Å². The van der Waals surface area contributed by atoms with Crippen molar-refractivity contribution in [2.45, 2.75) is 50.0 Å². The van der Waals surface area contributed by atoms with E-state index in [-0.39, 0.29) is 24.6 Å². The SMILES string of the molecule is O=C(O)C1CCC(NC(=O)N2CCCC(CO)(c3ccccc3)C2)CC1. The maximum absolute atomic E-state index is 12.7. The van der Waals surface area contributed by atoms with Crippen LogP contribution in [-0.2, 0) is 10.2 Å². The number of carbonyl (C=O) groups is 2. The van der Waals surface area contributed by atoms with Gasteiger partial charge in [0.25, 0.3) is 0 Å². The number of carboxylic acid groups (broad SMARTS) is 1. The van der Waals surface area contributed by atoms with Gasteiger partial charge in [0.2, 0.25) is 0 Å². The molecule has 26 heavy (non-hydrogen) atoms. The van der Waals surface area contributed by atoms with Crippen molar-refractivity contribution in [3.05, 3.63) is 35.9 Å². The second-order valence-corrected chi connectivity index (χ2v) is 7.67. The summed E-state index contributed by atoms with van der Waals surface area (Å²) in [6, 6.07) is 9.86. The van der Waals surface area contributed by atoms with Crippen LogP contribution in [-0.4, -0.2) is 52.9 Å². The third-order valence-electron chi connectivity index (χ3n) is 5.96. The van der Waals surface area contributed by atoms with Gasteiger partial charge in [-0.05, 0) is 44.1 Å². The minimum Gasteiger partial charge on any atom is -0.481 e. The first-order chi connectivity index (χ1) is 12.5. The average molecular weight is 360 g/mol. The third-order valence-corrected chi connectivity index (χ3v) is 5.96. The van der Waals surface area contributed by atoms with E-state index < -0.39 is 11.4 Å². The van der Waals surface area contributed by atoms with Crippen LogP contribution in [0.15, 0.2) is 30.3 Å². The van der Waals surface area contributed by atoms with E-state index in [0.29, 0.717) is 38.8 Å². The monoisotopic (exact) mass is 360 g/mol. The number of nitrogens with zero attached hydrogens (tertiary/aromatic N) is 1. The van der Waals surface area contributed by atoms with Gasteiger partial charge < -0.3 is 20.4 Å². The highest BCUT2D eigenvalue weighted by Gasteiger charge is 2.38. The van der Waals surface area contributed by atoms with Crippen LogP contribution in [0.3, 0.4) is 0 Å². The van der Waals surface area contributed by atoms with Crippen molar-refractivity contribution in [2.75, 3.05) is 19.7 Å². The molecule has 0 bridgehead atoms. The van der Waals surface area contributed by atoms with E-state index in [1.807, 2.05) is 30.3 Å². The fourth-order valence-corrected chi connectivity index (χ4v) is 4.30. The van der Waals surface area contributed by atoms with Crippen molar-refractivity contribution >= 4 is 12.0 Å². The number of piperidine rings is 1. The van der Waals surface area contributed by atoms with Crippen LogP contribution in [0.2, 0.25) is 0 Å². The number of carboxylic acids is 1. The van der Waals surface area contributed by atoms with E-state index in [0.717, 1.165) is 18.4 Å². The molecule has 1 aromatic rings. The van der Waals surface area contributed by atoms with E-state index in [2.05, 4.69) is 5.32 Å². The lowest BCUT2D eigenvalue weighted by molar-refractivity contribution is -0.142. The van der Waals surface area contributed by atoms with E-state index >= 15 is 0 Å². The molecule has 2 amide bonds. The lowest BCUT2D eigenvalue weighted by Gasteiger charge is -2.42. The highest BCUT2D eigenvalue weighted by atomic mass is 16.4. The highest BCUT2D eigenvalue weighted by Crippen LogP contribution is 2.34. The zero-order valence-corrected chi connectivity index (χ0v) is 15.1. The Labute approximate surface area is 154 Å². The molecule has 1 heterocycles. The van der Waals surface area contributed by atoms with Crippen molar-refractivity contribution in [3.8, 4) is 0 Å². The summed E-state index contributed by atoms with van der Waals surface area (Å²) in [6.07, 6.45) is 4.37. The second-order valence-electron chi connectivity index (χ2n) is 7.67. The van der Waals surface area contributed by atoms with Crippen molar-refractivity contribution in [1.29, 1.82) is 0 Å². The van der Waals surface area contributed by atoms with Crippen molar-refractivity contribution in [3.63, 3.8) is 0 Å². The molecule has 1 atom stereocenters. The summed E-state index contributed by atoms with van der Waals surface area (Å²) in [6.45, 7) is 1.21. The number of aliphatic carboxylic acids is 1. The molecular weight excluding hydrogens is 332 g/mol. The number of aliphatic hydroxyl groups is 1. The summed E-state index contributed by atoms with van der Waals surface area (Å²) in [5.41, 5.74) is 0.666. The number of hydrogen-bond acceptors (Lipinski definition) is 3. The molecule has 3 rings (SSSR count). The Kier molecular flexibility index (Phi) is 5.81. The zero-order chi connectivity index (χ0) is 18.6.